The number of aromatic amines is 1. The minimum atomic E-state index is -0.219. The Bertz CT molecular complexity index is 1810. The van der Waals surface area contributed by atoms with Crippen molar-refractivity contribution in [3.8, 4) is 22.9 Å². The van der Waals surface area contributed by atoms with E-state index >= 15 is 0 Å². The molecule has 13 heteroatoms. The predicted octanol–water partition coefficient (Wildman–Crippen LogP) is 5.25. The standard InChI is InChI=1S/C36H44ClN5O7/c1-25-3-5-28(22-29(25)35(43)39-9-12-45-14-16-47-18-20-48-19-17-46-15-13-44-11-8-38)49-36-40-32-23-30(31(37)24-33(32)41-36)26-4-6-34-27(21-26)7-10-42(34)2/h3-7,10,21-24H,8-9,11-20,38H2,1-2H3,(H,39,43)(H,40,41). The normalized spacial score (nSPS) is 11.5. The summed E-state index contributed by atoms with van der Waals surface area (Å²) >= 11 is 6.70. The van der Waals surface area contributed by atoms with Gasteiger partial charge < -0.3 is 49.0 Å². The van der Waals surface area contributed by atoms with E-state index in [9.17, 15) is 4.79 Å². The van der Waals surface area contributed by atoms with Crippen LogP contribution in [0, 0.1) is 6.92 Å². The fourth-order valence-electron chi connectivity index (χ4n) is 5.14. The van der Waals surface area contributed by atoms with E-state index in [2.05, 4.69) is 44.1 Å². The third-order valence-electron chi connectivity index (χ3n) is 7.70. The number of hydrogen-bond acceptors (Lipinski definition) is 9. The van der Waals surface area contributed by atoms with E-state index in [1.54, 1.807) is 12.1 Å². The molecule has 0 bridgehead atoms. The van der Waals surface area contributed by atoms with Crippen LogP contribution in [0.15, 0.2) is 60.8 Å². The molecule has 0 atom stereocenters. The summed E-state index contributed by atoms with van der Waals surface area (Å²) in [6.07, 6.45) is 2.04. The second kappa shape index (κ2) is 18.7. The molecule has 0 radical (unpaired) electrons. The van der Waals surface area contributed by atoms with Crippen molar-refractivity contribution < 1.29 is 33.2 Å². The molecule has 0 spiro atoms. The quantitative estimate of drug-likeness (QED) is 0.0879. The number of benzene rings is 3. The molecule has 2 heterocycles. The van der Waals surface area contributed by atoms with Crippen molar-refractivity contribution in [2.24, 2.45) is 12.8 Å². The number of carbonyl (C=O) groups is 1. The molecule has 262 valence electrons. The van der Waals surface area contributed by atoms with Gasteiger partial charge in [-0.25, -0.2) is 0 Å². The number of amides is 1. The molecule has 0 unspecified atom stereocenters. The maximum absolute atomic E-state index is 12.9. The first-order chi connectivity index (χ1) is 23.9. The van der Waals surface area contributed by atoms with Gasteiger partial charge in [0, 0.05) is 48.4 Å². The van der Waals surface area contributed by atoms with Crippen molar-refractivity contribution in [3.05, 3.63) is 76.9 Å². The monoisotopic (exact) mass is 693 g/mol. The van der Waals surface area contributed by atoms with Gasteiger partial charge in [0.15, 0.2) is 0 Å². The SMILES string of the molecule is Cc1ccc(Oc2nc3cc(-c4ccc5c(ccn5C)c4)c(Cl)cc3[nH]2)cc1C(=O)NCCOCCOCCOCCOCCOCCN. The lowest BCUT2D eigenvalue weighted by molar-refractivity contribution is -0.0102. The van der Waals surface area contributed by atoms with Crippen LogP contribution in [0.3, 0.4) is 0 Å². The number of aryl methyl sites for hydroxylation is 2. The van der Waals surface area contributed by atoms with Gasteiger partial charge in [-0.1, -0.05) is 23.7 Å². The van der Waals surface area contributed by atoms with Crippen LogP contribution in [-0.2, 0) is 30.7 Å². The summed E-state index contributed by atoms with van der Waals surface area (Å²) in [6, 6.07) is 17.8. The Labute approximate surface area is 290 Å². The minimum absolute atomic E-state index is 0.219. The van der Waals surface area contributed by atoms with Gasteiger partial charge in [0.25, 0.3) is 11.9 Å². The topological polar surface area (TPSA) is 144 Å². The van der Waals surface area contributed by atoms with Crippen molar-refractivity contribution in [3.63, 3.8) is 0 Å². The Hall–Kier alpha value is -4.01. The lowest BCUT2D eigenvalue weighted by Crippen LogP contribution is -2.28. The van der Waals surface area contributed by atoms with Crippen LogP contribution in [0.25, 0.3) is 33.1 Å². The molecule has 49 heavy (non-hydrogen) atoms. The van der Waals surface area contributed by atoms with Gasteiger partial charge in [0.1, 0.15) is 5.75 Å². The van der Waals surface area contributed by atoms with Gasteiger partial charge in [0.2, 0.25) is 0 Å². The van der Waals surface area contributed by atoms with Crippen molar-refractivity contribution in [2.75, 3.05) is 79.2 Å². The molecule has 0 aliphatic carbocycles. The third-order valence-corrected chi connectivity index (χ3v) is 8.01. The number of imidazole rings is 1. The number of rotatable bonds is 21. The Morgan fingerprint density at radius 2 is 1.53 bits per heavy atom. The van der Waals surface area contributed by atoms with Crippen LogP contribution in [-0.4, -0.2) is 99.6 Å². The highest BCUT2D eigenvalue weighted by atomic mass is 35.5. The fraction of sp³-hybridized carbons (Fsp3) is 0.389. The van der Waals surface area contributed by atoms with E-state index in [0.717, 1.165) is 33.1 Å². The number of carbonyl (C=O) groups excluding carboxylic acids is 1. The van der Waals surface area contributed by atoms with E-state index in [4.69, 9.17) is 45.8 Å². The molecule has 0 fully saturated rings. The summed E-state index contributed by atoms with van der Waals surface area (Å²) in [7, 11) is 2.02. The molecule has 12 nitrogen and oxygen atoms in total. The van der Waals surface area contributed by atoms with Crippen molar-refractivity contribution >= 4 is 39.4 Å². The van der Waals surface area contributed by atoms with Gasteiger partial charge in [0.05, 0.1) is 82.1 Å². The van der Waals surface area contributed by atoms with Crippen molar-refractivity contribution in [1.82, 2.24) is 19.9 Å². The van der Waals surface area contributed by atoms with Crippen LogP contribution in [0.2, 0.25) is 5.02 Å². The Morgan fingerprint density at radius 1 is 0.857 bits per heavy atom. The van der Waals surface area contributed by atoms with Crippen LogP contribution >= 0.6 is 11.6 Å². The number of fused-ring (bicyclic) bond motifs is 2. The lowest BCUT2D eigenvalue weighted by atomic mass is 10.0. The zero-order valence-corrected chi connectivity index (χ0v) is 28.7. The molecule has 3 aromatic carbocycles. The molecule has 2 aromatic heterocycles. The first-order valence-electron chi connectivity index (χ1n) is 16.3. The fourth-order valence-corrected chi connectivity index (χ4v) is 5.42. The van der Waals surface area contributed by atoms with Gasteiger partial charge in [-0.15, -0.1) is 0 Å². The van der Waals surface area contributed by atoms with Gasteiger partial charge in [-0.2, -0.15) is 4.98 Å². The molecular formula is C36H44ClN5O7. The molecule has 0 saturated carbocycles. The largest absolute Gasteiger partial charge is 0.426 e. The second-order valence-electron chi connectivity index (χ2n) is 11.3. The van der Waals surface area contributed by atoms with E-state index in [1.807, 2.05) is 38.4 Å². The van der Waals surface area contributed by atoms with Crippen LogP contribution in [0.4, 0.5) is 0 Å². The Balaban J connectivity index is 1.02. The number of halogens is 1. The molecule has 1 amide bonds. The summed E-state index contributed by atoms with van der Waals surface area (Å²) in [5.41, 5.74) is 11.2. The number of H-pyrrole nitrogens is 1. The Kier molecular flexibility index (Phi) is 13.8. The van der Waals surface area contributed by atoms with Crippen LogP contribution in [0.5, 0.6) is 11.8 Å². The third kappa shape index (κ3) is 10.5. The highest BCUT2D eigenvalue weighted by molar-refractivity contribution is 6.34. The highest BCUT2D eigenvalue weighted by Crippen LogP contribution is 2.34. The zero-order valence-electron chi connectivity index (χ0n) is 28.0. The summed E-state index contributed by atoms with van der Waals surface area (Å²) in [4.78, 5) is 20.8. The van der Waals surface area contributed by atoms with E-state index in [0.29, 0.717) is 107 Å². The van der Waals surface area contributed by atoms with Crippen LogP contribution < -0.4 is 15.8 Å². The van der Waals surface area contributed by atoms with E-state index in [1.165, 1.54) is 0 Å². The second-order valence-corrected chi connectivity index (χ2v) is 11.7. The first kappa shape index (κ1) is 36.3. The molecular weight excluding hydrogens is 650 g/mol. The summed E-state index contributed by atoms with van der Waals surface area (Å²) in [5, 5.41) is 4.64. The average Bonchev–Trinajstić information content (AvgIpc) is 3.67. The van der Waals surface area contributed by atoms with Crippen molar-refractivity contribution in [1.29, 1.82) is 0 Å². The maximum atomic E-state index is 12.9. The molecule has 0 aliphatic rings. The molecule has 0 saturated heterocycles. The smallest absolute Gasteiger partial charge is 0.300 e. The number of nitrogens with zero attached hydrogens (tertiary/aromatic N) is 2. The number of hydrogen-bond donors (Lipinski definition) is 3. The number of nitrogens with one attached hydrogen (secondary N) is 2. The zero-order chi connectivity index (χ0) is 34.4. The minimum Gasteiger partial charge on any atom is -0.426 e. The number of ether oxygens (including phenoxy) is 6. The highest BCUT2D eigenvalue weighted by Gasteiger charge is 2.14. The number of nitrogens with two attached hydrogens (primary N) is 1. The Morgan fingerprint density at radius 3 is 2.22 bits per heavy atom. The molecule has 4 N–H and O–H groups in total. The molecule has 5 rings (SSSR count). The number of aromatic nitrogens is 3. The van der Waals surface area contributed by atoms with E-state index < -0.39 is 0 Å². The average molecular weight is 694 g/mol. The van der Waals surface area contributed by atoms with Crippen LogP contribution in [0.1, 0.15) is 15.9 Å². The van der Waals surface area contributed by atoms with Crippen molar-refractivity contribution in [2.45, 2.75) is 6.92 Å². The maximum Gasteiger partial charge on any atom is 0.300 e. The predicted molar refractivity (Wildman–Crippen MR) is 190 cm³/mol. The summed E-state index contributed by atoms with van der Waals surface area (Å²) in [5.74, 6) is 0.261. The van der Waals surface area contributed by atoms with Gasteiger partial charge in [-0.3, -0.25) is 4.79 Å². The summed E-state index contributed by atoms with van der Waals surface area (Å²) in [6.45, 7) is 7.47. The first-order valence-corrected chi connectivity index (χ1v) is 16.7. The van der Waals surface area contributed by atoms with Gasteiger partial charge in [-0.05, 0) is 60.5 Å². The van der Waals surface area contributed by atoms with E-state index in [-0.39, 0.29) is 5.91 Å². The summed E-state index contributed by atoms with van der Waals surface area (Å²) < 4.78 is 35.3. The molecule has 0 aliphatic heterocycles. The lowest BCUT2D eigenvalue weighted by Gasteiger charge is -2.10. The van der Waals surface area contributed by atoms with Gasteiger partial charge >= 0.3 is 0 Å². The molecule has 5 aromatic rings.